The van der Waals surface area contributed by atoms with E-state index in [4.69, 9.17) is 14.2 Å². The number of rotatable bonds is 5. The third-order valence-corrected chi connectivity index (χ3v) is 5.67. The van der Waals surface area contributed by atoms with E-state index >= 15 is 0 Å². The zero-order chi connectivity index (χ0) is 22.7. The van der Waals surface area contributed by atoms with E-state index in [1.54, 1.807) is 18.7 Å². The first-order chi connectivity index (χ1) is 15.5. The van der Waals surface area contributed by atoms with Crippen LogP contribution in [0.1, 0.15) is 13.8 Å². The Kier molecular flexibility index (Phi) is 6.50. The topological polar surface area (TPSA) is 109 Å². The van der Waals surface area contributed by atoms with Crippen LogP contribution in [-0.2, 0) is 19.1 Å². The van der Waals surface area contributed by atoms with Crippen LogP contribution in [0.25, 0.3) is 0 Å². The Hall–Kier alpha value is -3.27. The van der Waals surface area contributed by atoms with Crippen LogP contribution in [0.3, 0.4) is 0 Å². The van der Waals surface area contributed by atoms with Crippen molar-refractivity contribution in [3.8, 4) is 5.75 Å². The third-order valence-electron chi connectivity index (χ3n) is 5.67. The second-order valence-electron chi connectivity index (χ2n) is 7.83. The summed E-state index contributed by atoms with van der Waals surface area (Å²) < 4.78 is 16.6. The summed E-state index contributed by atoms with van der Waals surface area (Å²) in [4.78, 5) is 41.6. The van der Waals surface area contributed by atoms with E-state index in [0.29, 0.717) is 43.3 Å². The Morgan fingerprint density at radius 2 is 1.97 bits per heavy atom. The number of nitrogens with zero attached hydrogens (tertiary/aromatic N) is 2. The van der Waals surface area contributed by atoms with Gasteiger partial charge in [0.15, 0.2) is 6.10 Å². The van der Waals surface area contributed by atoms with Gasteiger partial charge in [-0.3, -0.25) is 4.79 Å². The van der Waals surface area contributed by atoms with Crippen molar-refractivity contribution >= 4 is 23.6 Å². The van der Waals surface area contributed by atoms with E-state index in [0.717, 1.165) is 5.69 Å². The molecule has 3 aliphatic heterocycles. The van der Waals surface area contributed by atoms with E-state index < -0.39 is 18.1 Å². The number of carbonyl (C=O) groups is 3. The zero-order valence-corrected chi connectivity index (χ0v) is 18.3. The monoisotopic (exact) mass is 444 g/mol. The summed E-state index contributed by atoms with van der Waals surface area (Å²) >= 11 is 0. The zero-order valence-electron chi connectivity index (χ0n) is 18.3. The number of carbonyl (C=O) groups excluding carboxylic acids is 3. The summed E-state index contributed by atoms with van der Waals surface area (Å²) in [5.74, 6) is -0.00273. The molecule has 10 heteroatoms. The largest absolute Gasteiger partial charge is 0.477 e. The molecule has 1 fully saturated rings. The number of fused-ring (bicyclic) bond motifs is 1. The van der Waals surface area contributed by atoms with Gasteiger partial charge < -0.3 is 34.6 Å². The molecule has 0 aliphatic carbocycles. The van der Waals surface area contributed by atoms with Crippen molar-refractivity contribution in [1.29, 1.82) is 0 Å². The number of benzene rings is 1. The molecule has 2 N–H and O–H groups in total. The molecule has 3 amide bonds. The van der Waals surface area contributed by atoms with Gasteiger partial charge in [0.2, 0.25) is 0 Å². The fourth-order valence-corrected chi connectivity index (χ4v) is 4.17. The summed E-state index contributed by atoms with van der Waals surface area (Å²) in [6, 6.07) is 6.54. The van der Waals surface area contributed by atoms with Gasteiger partial charge in [-0.2, -0.15) is 0 Å². The number of urea groups is 1. The molecule has 0 spiro atoms. The Labute approximate surface area is 186 Å². The molecule has 0 saturated carbocycles. The van der Waals surface area contributed by atoms with E-state index in [1.807, 2.05) is 29.2 Å². The molecule has 1 saturated heterocycles. The molecule has 1 aromatic rings. The second kappa shape index (κ2) is 9.47. The highest BCUT2D eigenvalue weighted by molar-refractivity contribution is 5.95. The predicted molar refractivity (Wildman–Crippen MR) is 115 cm³/mol. The minimum absolute atomic E-state index is 0.102. The molecule has 1 aromatic carbocycles. The van der Waals surface area contributed by atoms with Crippen LogP contribution in [0.2, 0.25) is 0 Å². The van der Waals surface area contributed by atoms with E-state index in [-0.39, 0.29) is 31.6 Å². The lowest BCUT2D eigenvalue weighted by Crippen LogP contribution is -2.55. The molecule has 0 bridgehead atoms. The molecule has 3 heterocycles. The number of para-hydroxylation sites is 2. The van der Waals surface area contributed by atoms with Crippen molar-refractivity contribution in [2.24, 2.45) is 0 Å². The Morgan fingerprint density at radius 3 is 2.72 bits per heavy atom. The van der Waals surface area contributed by atoms with Crippen LogP contribution in [0.5, 0.6) is 5.75 Å². The lowest BCUT2D eigenvalue weighted by atomic mass is 10.0. The smallest absolute Gasteiger partial charge is 0.337 e. The highest BCUT2D eigenvalue weighted by Gasteiger charge is 2.36. The van der Waals surface area contributed by atoms with Crippen LogP contribution in [0.4, 0.5) is 10.5 Å². The molecule has 4 rings (SSSR count). The maximum Gasteiger partial charge on any atom is 0.337 e. The van der Waals surface area contributed by atoms with Crippen molar-refractivity contribution < 1.29 is 28.6 Å². The Morgan fingerprint density at radius 1 is 1.22 bits per heavy atom. The standard InChI is InChI=1S/C22H28N4O6/c1-3-31-21(28)19-14(2)23-22(29)24-15(19)12-26-13-18(20(27)25-8-10-30-11-9-25)32-17-7-5-4-6-16(17)26/h4-7,14,18H,3,8-13H2,1-2H3,(H2,23,24,29)/t14-,18-/m1/s1. The third kappa shape index (κ3) is 4.50. The van der Waals surface area contributed by atoms with Crippen LogP contribution in [0, 0.1) is 0 Å². The first-order valence-electron chi connectivity index (χ1n) is 10.8. The summed E-state index contributed by atoms with van der Waals surface area (Å²) in [5, 5.41) is 5.46. The molecule has 172 valence electrons. The molecule has 32 heavy (non-hydrogen) atoms. The maximum absolute atomic E-state index is 13.1. The van der Waals surface area contributed by atoms with Crippen molar-refractivity contribution in [3.63, 3.8) is 0 Å². The van der Waals surface area contributed by atoms with Crippen molar-refractivity contribution in [1.82, 2.24) is 15.5 Å². The van der Waals surface area contributed by atoms with Crippen molar-refractivity contribution in [3.05, 3.63) is 35.5 Å². The number of hydrogen-bond donors (Lipinski definition) is 2. The summed E-state index contributed by atoms with van der Waals surface area (Å²) in [6.45, 7) is 6.27. The van der Waals surface area contributed by atoms with Gasteiger partial charge in [0.1, 0.15) is 5.75 Å². The number of amides is 3. The number of anilines is 1. The van der Waals surface area contributed by atoms with E-state index in [9.17, 15) is 14.4 Å². The Bertz CT molecular complexity index is 927. The first kappa shape index (κ1) is 21.9. The Balaban J connectivity index is 1.63. The van der Waals surface area contributed by atoms with Gasteiger partial charge in [-0.15, -0.1) is 0 Å². The number of ether oxygens (including phenoxy) is 3. The molecule has 10 nitrogen and oxygen atoms in total. The molecule has 2 atom stereocenters. The minimum atomic E-state index is -0.704. The number of esters is 1. The van der Waals surface area contributed by atoms with Gasteiger partial charge in [-0.1, -0.05) is 12.1 Å². The summed E-state index contributed by atoms with van der Waals surface area (Å²) in [7, 11) is 0. The van der Waals surface area contributed by atoms with Crippen LogP contribution in [0.15, 0.2) is 35.5 Å². The highest BCUT2D eigenvalue weighted by atomic mass is 16.5. The lowest BCUT2D eigenvalue weighted by molar-refractivity contribution is -0.142. The number of hydrogen-bond acceptors (Lipinski definition) is 7. The number of nitrogens with one attached hydrogen (secondary N) is 2. The van der Waals surface area contributed by atoms with Crippen LogP contribution < -0.4 is 20.3 Å². The van der Waals surface area contributed by atoms with Crippen molar-refractivity contribution in [2.75, 3.05) is 50.9 Å². The molecular weight excluding hydrogens is 416 g/mol. The SMILES string of the molecule is CCOC(=O)C1=C(CN2C[C@H](C(=O)N3CCOCC3)Oc3ccccc32)NC(=O)N[C@@H]1C. The highest BCUT2D eigenvalue weighted by Crippen LogP contribution is 2.34. The lowest BCUT2D eigenvalue weighted by Gasteiger charge is -2.39. The van der Waals surface area contributed by atoms with Gasteiger partial charge in [0.05, 0.1) is 55.9 Å². The molecule has 3 aliphatic rings. The van der Waals surface area contributed by atoms with Gasteiger partial charge in [0, 0.05) is 13.1 Å². The fourth-order valence-electron chi connectivity index (χ4n) is 4.17. The molecule has 0 radical (unpaired) electrons. The maximum atomic E-state index is 13.1. The van der Waals surface area contributed by atoms with Gasteiger partial charge >= 0.3 is 12.0 Å². The predicted octanol–water partition coefficient (Wildman–Crippen LogP) is 0.631. The quantitative estimate of drug-likeness (QED) is 0.641. The van der Waals surface area contributed by atoms with Crippen LogP contribution in [-0.4, -0.2) is 81.0 Å². The number of morpholine rings is 1. The van der Waals surface area contributed by atoms with Gasteiger partial charge in [0.25, 0.3) is 5.91 Å². The average Bonchev–Trinajstić information content (AvgIpc) is 2.79. The van der Waals surface area contributed by atoms with E-state index in [1.165, 1.54) is 0 Å². The second-order valence-corrected chi connectivity index (χ2v) is 7.83. The average molecular weight is 444 g/mol. The molecular formula is C22H28N4O6. The summed E-state index contributed by atoms with van der Waals surface area (Å²) in [5.41, 5.74) is 1.61. The molecule has 0 unspecified atom stereocenters. The van der Waals surface area contributed by atoms with Gasteiger partial charge in [-0.25, -0.2) is 9.59 Å². The van der Waals surface area contributed by atoms with Gasteiger partial charge in [-0.05, 0) is 26.0 Å². The molecule has 0 aromatic heterocycles. The van der Waals surface area contributed by atoms with Crippen molar-refractivity contribution in [2.45, 2.75) is 26.0 Å². The fraction of sp³-hybridized carbons (Fsp3) is 0.500. The summed E-state index contributed by atoms with van der Waals surface area (Å²) in [6.07, 6.45) is -0.704. The first-order valence-corrected chi connectivity index (χ1v) is 10.8. The van der Waals surface area contributed by atoms with E-state index in [2.05, 4.69) is 10.6 Å². The normalized spacial score (nSPS) is 23.0. The van der Waals surface area contributed by atoms with Crippen LogP contribution >= 0.6 is 0 Å². The minimum Gasteiger partial charge on any atom is -0.477 e.